The Hall–Kier alpha value is -0.770. The van der Waals surface area contributed by atoms with Crippen LogP contribution < -0.4 is 10.6 Å². The number of nitrogens with one attached hydrogen (secondary N) is 2. The molecule has 0 spiro atoms. The van der Waals surface area contributed by atoms with Crippen LogP contribution in [-0.4, -0.2) is 31.3 Å². The number of urea groups is 1. The largest absolute Gasteiger partial charge is 0.396 e. The molecule has 0 aromatic rings. The van der Waals surface area contributed by atoms with Crippen molar-refractivity contribution in [3.63, 3.8) is 0 Å². The Morgan fingerprint density at radius 1 is 1.36 bits per heavy atom. The number of unbranched alkanes of at least 4 members (excludes halogenated alkanes) is 2. The normalized spacial score (nSPS) is 9.27. The highest BCUT2D eigenvalue weighted by atomic mass is 16.2. The molecule has 11 heavy (non-hydrogen) atoms. The van der Waals surface area contributed by atoms with Gasteiger partial charge in [0.25, 0.3) is 0 Å². The molecule has 66 valence electrons. The topological polar surface area (TPSA) is 61.4 Å². The second kappa shape index (κ2) is 7.34. The molecule has 0 aliphatic rings. The maximum Gasteiger partial charge on any atom is 0.314 e. The second-order valence-electron chi connectivity index (χ2n) is 2.29. The van der Waals surface area contributed by atoms with E-state index in [0.29, 0.717) is 6.54 Å². The number of carbonyl (C=O) groups excluding carboxylic acids is 1. The first-order chi connectivity index (χ1) is 5.31. The summed E-state index contributed by atoms with van der Waals surface area (Å²) in [4.78, 5) is 10.6. The fraction of sp³-hybridized carbons (Fsp3) is 0.857. The number of aliphatic hydroxyl groups is 1. The lowest BCUT2D eigenvalue weighted by Crippen LogP contribution is -2.33. The predicted octanol–water partition coefficient (Wildman–Crippen LogP) is 0.0780. The van der Waals surface area contributed by atoms with Crippen molar-refractivity contribution in [1.29, 1.82) is 0 Å². The molecule has 0 unspecified atom stereocenters. The first kappa shape index (κ1) is 10.2. The van der Waals surface area contributed by atoms with Crippen LogP contribution in [0.1, 0.15) is 19.3 Å². The van der Waals surface area contributed by atoms with Crippen molar-refractivity contribution in [2.75, 3.05) is 20.2 Å². The van der Waals surface area contributed by atoms with Gasteiger partial charge in [0.1, 0.15) is 0 Å². The molecule has 3 N–H and O–H groups in total. The molecule has 0 fully saturated rings. The lowest BCUT2D eigenvalue weighted by atomic mass is 10.2. The first-order valence-corrected chi connectivity index (χ1v) is 3.87. The van der Waals surface area contributed by atoms with Crippen molar-refractivity contribution in [3.8, 4) is 0 Å². The quantitative estimate of drug-likeness (QED) is 0.499. The Morgan fingerprint density at radius 3 is 2.64 bits per heavy atom. The molecule has 0 aromatic heterocycles. The van der Waals surface area contributed by atoms with E-state index in [9.17, 15) is 4.79 Å². The van der Waals surface area contributed by atoms with Crippen LogP contribution in [0.4, 0.5) is 4.79 Å². The third-order valence-electron chi connectivity index (χ3n) is 1.35. The molecule has 0 radical (unpaired) electrons. The monoisotopic (exact) mass is 160 g/mol. The van der Waals surface area contributed by atoms with Crippen LogP contribution in [0.5, 0.6) is 0 Å². The van der Waals surface area contributed by atoms with Gasteiger partial charge in [0.2, 0.25) is 0 Å². The molecule has 0 heterocycles. The zero-order valence-electron chi connectivity index (χ0n) is 6.89. The van der Waals surface area contributed by atoms with Gasteiger partial charge in [-0.3, -0.25) is 0 Å². The van der Waals surface area contributed by atoms with Gasteiger partial charge in [0, 0.05) is 20.2 Å². The van der Waals surface area contributed by atoms with E-state index in [4.69, 9.17) is 5.11 Å². The van der Waals surface area contributed by atoms with Gasteiger partial charge in [-0.1, -0.05) is 0 Å². The molecule has 4 heteroatoms. The molecule has 4 nitrogen and oxygen atoms in total. The molecule has 0 bridgehead atoms. The van der Waals surface area contributed by atoms with Gasteiger partial charge >= 0.3 is 6.03 Å². The van der Waals surface area contributed by atoms with Crippen LogP contribution >= 0.6 is 0 Å². The van der Waals surface area contributed by atoms with E-state index in [-0.39, 0.29) is 12.6 Å². The summed E-state index contributed by atoms with van der Waals surface area (Å²) in [5, 5.41) is 13.5. The minimum absolute atomic E-state index is 0.144. The zero-order valence-corrected chi connectivity index (χ0v) is 6.89. The van der Waals surface area contributed by atoms with E-state index in [0.717, 1.165) is 19.3 Å². The molecule has 0 saturated heterocycles. The van der Waals surface area contributed by atoms with E-state index in [2.05, 4.69) is 10.6 Å². The highest BCUT2D eigenvalue weighted by Gasteiger charge is 1.93. The smallest absolute Gasteiger partial charge is 0.314 e. The van der Waals surface area contributed by atoms with Gasteiger partial charge in [-0.25, -0.2) is 4.79 Å². The number of amides is 2. The average Bonchev–Trinajstić information content (AvgIpc) is 2.04. The van der Waals surface area contributed by atoms with Crippen molar-refractivity contribution in [2.45, 2.75) is 19.3 Å². The fourth-order valence-electron chi connectivity index (χ4n) is 0.704. The molecular weight excluding hydrogens is 144 g/mol. The molecule has 0 aliphatic heterocycles. The van der Waals surface area contributed by atoms with Crippen LogP contribution in [0.25, 0.3) is 0 Å². The number of rotatable bonds is 5. The van der Waals surface area contributed by atoms with Crippen LogP contribution in [0.2, 0.25) is 0 Å². The summed E-state index contributed by atoms with van der Waals surface area (Å²) in [7, 11) is 1.59. The number of carbonyl (C=O) groups is 1. The van der Waals surface area contributed by atoms with Crippen molar-refractivity contribution in [2.24, 2.45) is 0 Å². The molecule has 0 rings (SSSR count). The van der Waals surface area contributed by atoms with E-state index in [1.54, 1.807) is 7.05 Å². The summed E-state index contributed by atoms with van der Waals surface area (Å²) >= 11 is 0. The van der Waals surface area contributed by atoms with Crippen LogP contribution in [0.3, 0.4) is 0 Å². The number of hydrogen-bond donors (Lipinski definition) is 3. The number of aliphatic hydroxyl groups excluding tert-OH is 1. The minimum atomic E-state index is -0.144. The Labute approximate surface area is 67.0 Å². The summed E-state index contributed by atoms with van der Waals surface area (Å²) < 4.78 is 0. The maximum atomic E-state index is 10.6. The third-order valence-corrected chi connectivity index (χ3v) is 1.35. The maximum absolute atomic E-state index is 10.6. The molecule has 0 saturated carbocycles. The zero-order chi connectivity index (χ0) is 8.53. The predicted molar refractivity (Wildman–Crippen MR) is 43.4 cm³/mol. The summed E-state index contributed by atoms with van der Waals surface area (Å²) in [6, 6.07) is -0.144. The summed E-state index contributed by atoms with van der Waals surface area (Å²) in [6.07, 6.45) is 2.70. The Kier molecular flexibility index (Phi) is 6.82. The number of hydrogen-bond acceptors (Lipinski definition) is 2. The van der Waals surface area contributed by atoms with Gasteiger partial charge in [-0.15, -0.1) is 0 Å². The van der Waals surface area contributed by atoms with Crippen LogP contribution in [-0.2, 0) is 0 Å². The minimum Gasteiger partial charge on any atom is -0.396 e. The second-order valence-corrected chi connectivity index (χ2v) is 2.29. The summed E-state index contributed by atoms with van der Waals surface area (Å²) in [5.41, 5.74) is 0. The Morgan fingerprint density at radius 2 is 2.09 bits per heavy atom. The summed E-state index contributed by atoms with van der Waals surface area (Å²) in [6.45, 7) is 0.916. The highest BCUT2D eigenvalue weighted by molar-refractivity contribution is 5.73. The summed E-state index contributed by atoms with van der Waals surface area (Å²) in [5.74, 6) is 0. The molecule has 0 aromatic carbocycles. The van der Waals surface area contributed by atoms with E-state index >= 15 is 0 Å². The van der Waals surface area contributed by atoms with Crippen LogP contribution in [0, 0.1) is 0 Å². The lowest BCUT2D eigenvalue weighted by Gasteiger charge is -2.02. The van der Waals surface area contributed by atoms with Crippen molar-refractivity contribution >= 4 is 6.03 Å². The fourth-order valence-corrected chi connectivity index (χ4v) is 0.704. The van der Waals surface area contributed by atoms with E-state index in [1.165, 1.54) is 0 Å². The third kappa shape index (κ3) is 7.12. The average molecular weight is 160 g/mol. The van der Waals surface area contributed by atoms with Crippen molar-refractivity contribution in [1.82, 2.24) is 10.6 Å². The Balaban J connectivity index is 2.95. The lowest BCUT2D eigenvalue weighted by molar-refractivity contribution is 0.242. The van der Waals surface area contributed by atoms with Gasteiger partial charge in [-0.05, 0) is 19.3 Å². The molecule has 0 aliphatic carbocycles. The van der Waals surface area contributed by atoms with Gasteiger partial charge in [0.05, 0.1) is 0 Å². The molecule has 2 amide bonds. The van der Waals surface area contributed by atoms with Gasteiger partial charge in [0.15, 0.2) is 0 Å². The van der Waals surface area contributed by atoms with Crippen LogP contribution in [0.15, 0.2) is 0 Å². The van der Waals surface area contributed by atoms with Gasteiger partial charge < -0.3 is 15.7 Å². The highest BCUT2D eigenvalue weighted by Crippen LogP contribution is 1.91. The first-order valence-electron chi connectivity index (χ1n) is 3.87. The van der Waals surface area contributed by atoms with Crippen molar-refractivity contribution in [3.05, 3.63) is 0 Å². The van der Waals surface area contributed by atoms with E-state index in [1.807, 2.05) is 0 Å². The molecular formula is C7H16N2O2. The van der Waals surface area contributed by atoms with Gasteiger partial charge in [-0.2, -0.15) is 0 Å². The van der Waals surface area contributed by atoms with Crippen molar-refractivity contribution < 1.29 is 9.90 Å². The standard InChI is InChI=1S/C7H16N2O2/c1-8-7(11)9-5-3-2-4-6-10/h10H,2-6H2,1H3,(H2,8,9,11). The Bertz CT molecular complexity index is 107. The molecule has 0 atom stereocenters. The SMILES string of the molecule is CNC(=O)NCCCCCO. The van der Waals surface area contributed by atoms with E-state index < -0.39 is 0 Å².